The first-order chi connectivity index (χ1) is 14.9. The Bertz CT molecular complexity index is 851. The van der Waals surface area contributed by atoms with Gasteiger partial charge in [0, 0.05) is 11.8 Å². The molecule has 5 aliphatic carbocycles. The standard InChI is InChI=1S/C31H48O/c1-9-31-17-12-21(20(2)3)26(31)22-10-11-24-28(6)15-14-25(32)27(4,5)23(28)13-16-30(24,8)29(22,7)18-19-31/h9,21-24,26H,1-2,10-19H2,3-8H3. The molecule has 1 heteroatoms. The predicted octanol–water partition coefficient (Wildman–Crippen LogP) is 8.40. The van der Waals surface area contributed by atoms with Gasteiger partial charge in [-0.05, 0) is 116 Å². The lowest BCUT2D eigenvalue weighted by Gasteiger charge is -2.72. The average Bonchev–Trinajstić information content (AvgIpc) is 3.12. The Hall–Kier alpha value is -0.850. The molecule has 9 unspecified atom stereocenters. The Morgan fingerprint density at radius 2 is 1.59 bits per heavy atom. The van der Waals surface area contributed by atoms with Crippen LogP contribution in [0.25, 0.3) is 0 Å². The first-order valence-corrected chi connectivity index (χ1v) is 13.7. The number of carbonyl (C=O) groups excluding carboxylic acids is 1. The van der Waals surface area contributed by atoms with E-state index >= 15 is 0 Å². The zero-order valence-corrected chi connectivity index (χ0v) is 21.9. The highest BCUT2D eigenvalue weighted by molar-refractivity contribution is 5.85. The van der Waals surface area contributed by atoms with Crippen molar-refractivity contribution in [3.63, 3.8) is 0 Å². The summed E-state index contributed by atoms with van der Waals surface area (Å²) < 4.78 is 0. The minimum atomic E-state index is -0.146. The van der Waals surface area contributed by atoms with Gasteiger partial charge in [-0.15, -0.1) is 6.58 Å². The van der Waals surface area contributed by atoms with Crippen LogP contribution in [-0.4, -0.2) is 5.78 Å². The number of allylic oxidation sites excluding steroid dienone is 2. The SMILES string of the molecule is C=CC12CCC(C(=C)C)C1C1CCC3C4(C)CCC(=O)C(C)(C)C4CCC3(C)C1(C)CC2. The van der Waals surface area contributed by atoms with Crippen molar-refractivity contribution >= 4 is 5.78 Å². The third kappa shape index (κ3) is 2.55. The molecule has 5 aliphatic rings. The fraction of sp³-hybridized carbons (Fsp3) is 0.839. The van der Waals surface area contributed by atoms with Crippen LogP contribution < -0.4 is 0 Å². The zero-order valence-electron chi connectivity index (χ0n) is 21.9. The van der Waals surface area contributed by atoms with E-state index in [-0.39, 0.29) is 5.41 Å². The van der Waals surface area contributed by atoms with Crippen molar-refractivity contribution in [2.45, 2.75) is 106 Å². The molecule has 5 rings (SSSR count). The van der Waals surface area contributed by atoms with Gasteiger partial charge in [0.2, 0.25) is 0 Å². The van der Waals surface area contributed by atoms with Crippen LogP contribution >= 0.6 is 0 Å². The molecule has 0 aromatic heterocycles. The molecular weight excluding hydrogens is 388 g/mol. The van der Waals surface area contributed by atoms with E-state index in [0.29, 0.717) is 39.3 Å². The third-order valence-corrected chi connectivity index (χ3v) is 13.3. The summed E-state index contributed by atoms with van der Waals surface area (Å²) >= 11 is 0. The minimum absolute atomic E-state index is 0.146. The molecule has 0 radical (unpaired) electrons. The van der Waals surface area contributed by atoms with Crippen molar-refractivity contribution in [1.82, 2.24) is 0 Å². The molecule has 178 valence electrons. The quantitative estimate of drug-likeness (QED) is 0.397. The predicted molar refractivity (Wildman–Crippen MR) is 134 cm³/mol. The van der Waals surface area contributed by atoms with Gasteiger partial charge in [-0.25, -0.2) is 0 Å². The van der Waals surface area contributed by atoms with Crippen molar-refractivity contribution in [2.24, 2.45) is 56.7 Å². The van der Waals surface area contributed by atoms with Gasteiger partial charge in [0.15, 0.2) is 0 Å². The summed E-state index contributed by atoms with van der Waals surface area (Å²) in [6.45, 7) is 23.7. The van der Waals surface area contributed by atoms with Gasteiger partial charge in [-0.1, -0.05) is 52.8 Å². The summed E-state index contributed by atoms with van der Waals surface area (Å²) in [7, 11) is 0. The molecule has 0 aromatic carbocycles. The first kappa shape index (κ1) is 22.9. The van der Waals surface area contributed by atoms with Crippen molar-refractivity contribution in [3.8, 4) is 0 Å². The van der Waals surface area contributed by atoms with Gasteiger partial charge < -0.3 is 0 Å². The molecule has 0 N–H and O–H groups in total. The first-order valence-electron chi connectivity index (χ1n) is 13.7. The topological polar surface area (TPSA) is 17.1 Å². The minimum Gasteiger partial charge on any atom is -0.299 e. The molecule has 0 bridgehead atoms. The Morgan fingerprint density at radius 1 is 0.875 bits per heavy atom. The van der Waals surface area contributed by atoms with Gasteiger partial charge in [-0.3, -0.25) is 4.79 Å². The monoisotopic (exact) mass is 436 g/mol. The summed E-state index contributed by atoms with van der Waals surface area (Å²) in [5.41, 5.74) is 2.70. The van der Waals surface area contributed by atoms with Crippen LogP contribution in [0.4, 0.5) is 0 Å². The van der Waals surface area contributed by atoms with E-state index in [4.69, 9.17) is 0 Å². The fourth-order valence-electron chi connectivity index (χ4n) is 11.3. The fourth-order valence-corrected chi connectivity index (χ4v) is 11.3. The van der Waals surface area contributed by atoms with Crippen LogP contribution in [-0.2, 0) is 4.79 Å². The Kier molecular flexibility index (Phi) is 4.91. The Balaban J connectivity index is 1.56. The third-order valence-electron chi connectivity index (χ3n) is 13.3. The van der Waals surface area contributed by atoms with E-state index in [0.717, 1.165) is 30.6 Å². The highest BCUT2D eigenvalue weighted by atomic mass is 16.1. The number of rotatable bonds is 2. The average molecular weight is 437 g/mol. The van der Waals surface area contributed by atoms with Crippen molar-refractivity contribution in [3.05, 3.63) is 24.8 Å². The van der Waals surface area contributed by atoms with E-state index in [1.165, 1.54) is 56.9 Å². The molecule has 32 heavy (non-hydrogen) atoms. The van der Waals surface area contributed by atoms with E-state index in [1.807, 2.05) is 0 Å². The van der Waals surface area contributed by atoms with Crippen molar-refractivity contribution in [1.29, 1.82) is 0 Å². The van der Waals surface area contributed by atoms with Crippen LogP contribution in [0.1, 0.15) is 106 Å². The molecule has 0 aromatic rings. The van der Waals surface area contributed by atoms with E-state index in [1.54, 1.807) is 0 Å². The van der Waals surface area contributed by atoms with Crippen molar-refractivity contribution in [2.75, 3.05) is 0 Å². The lowest BCUT2D eigenvalue weighted by molar-refractivity contribution is -0.230. The molecule has 9 atom stereocenters. The maximum Gasteiger partial charge on any atom is 0.138 e. The smallest absolute Gasteiger partial charge is 0.138 e. The number of fused-ring (bicyclic) bond motifs is 7. The Morgan fingerprint density at radius 3 is 2.25 bits per heavy atom. The highest BCUT2D eigenvalue weighted by Crippen LogP contribution is 2.77. The summed E-state index contributed by atoms with van der Waals surface area (Å²) in [5, 5.41) is 0. The van der Waals surface area contributed by atoms with Crippen molar-refractivity contribution < 1.29 is 4.79 Å². The normalized spacial score (nSPS) is 54.1. The molecule has 5 fully saturated rings. The summed E-state index contributed by atoms with van der Waals surface area (Å²) in [6, 6.07) is 0. The molecule has 0 aliphatic heterocycles. The van der Waals surface area contributed by atoms with Crippen LogP contribution in [0.2, 0.25) is 0 Å². The maximum atomic E-state index is 12.9. The van der Waals surface area contributed by atoms with Gasteiger partial charge >= 0.3 is 0 Å². The summed E-state index contributed by atoms with van der Waals surface area (Å²) in [5.74, 6) is 4.04. The molecule has 1 nitrogen and oxygen atoms in total. The maximum absolute atomic E-state index is 12.9. The Labute approximate surface area is 197 Å². The zero-order chi connectivity index (χ0) is 23.3. The lowest BCUT2D eigenvalue weighted by Crippen LogP contribution is -2.66. The number of Topliss-reactive ketones (excluding diaryl/α,β-unsaturated/α-hetero) is 1. The number of carbonyl (C=O) groups is 1. The summed E-state index contributed by atoms with van der Waals surface area (Å²) in [6.07, 6.45) is 14.9. The van der Waals surface area contributed by atoms with E-state index in [9.17, 15) is 4.79 Å². The van der Waals surface area contributed by atoms with E-state index in [2.05, 4.69) is 60.8 Å². The summed E-state index contributed by atoms with van der Waals surface area (Å²) in [4.78, 5) is 12.9. The molecule has 0 saturated heterocycles. The van der Waals surface area contributed by atoms with E-state index < -0.39 is 0 Å². The van der Waals surface area contributed by atoms with Crippen LogP contribution in [0.15, 0.2) is 24.8 Å². The van der Waals surface area contributed by atoms with Gasteiger partial charge in [0.05, 0.1) is 0 Å². The lowest BCUT2D eigenvalue weighted by atomic mass is 9.32. The van der Waals surface area contributed by atoms with Crippen LogP contribution in [0.5, 0.6) is 0 Å². The highest BCUT2D eigenvalue weighted by Gasteiger charge is 2.70. The molecule has 5 saturated carbocycles. The van der Waals surface area contributed by atoms with Crippen LogP contribution in [0, 0.1) is 56.7 Å². The van der Waals surface area contributed by atoms with Gasteiger partial charge in [-0.2, -0.15) is 0 Å². The second kappa shape index (κ2) is 6.85. The second-order valence-electron chi connectivity index (χ2n) is 14.3. The molecule has 0 amide bonds. The number of hydrogen-bond donors (Lipinski definition) is 0. The van der Waals surface area contributed by atoms with Crippen LogP contribution in [0.3, 0.4) is 0 Å². The molecular formula is C31H48O. The largest absolute Gasteiger partial charge is 0.299 e. The second-order valence-corrected chi connectivity index (χ2v) is 14.3. The molecule has 0 spiro atoms. The molecule has 0 heterocycles. The van der Waals surface area contributed by atoms with Gasteiger partial charge in [0.25, 0.3) is 0 Å². The number of ketones is 1. The van der Waals surface area contributed by atoms with Gasteiger partial charge in [0.1, 0.15) is 5.78 Å². The number of hydrogen-bond acceptors (Lipinski definition) is 1.